The summed E-state index contributed by atoms with van der Waals surface area (Å²) in [5.41, 5.74) is 7.86. The smallest absolute Gasteiger partial charge is 0.328 e. The van der Waals surface area contributed by atoms with Gasteiger partial charge in [0.05, 0.1) is 12.3 Å². The highest BCUT2D eigenvalue weighted by Gasteiger charge is 2.19. The van der Waals surface area contributed by atoms with E-state index in [1.807, 2.05) is 31.2 Å². The molecule has 0 fully saturated rings. The van der Waals surface area contributed by atoms with Gasteiger partial charge >= 0.3 is 6.03 Å². The summed E-state index contributed by atoms with van der Waals surface area (Å²) < 4.78 is 5.60. The van der Waals surface area contributed by atoms with Gasteiger partial charge in [-0.05, 0) is 49.7 Å². The first-order valence-corrected chi connectivity index (χ1v) is 8.11. The minimum absolute atomic E-state index is 0.363. The first-order chi connectivity index (χ1) is 12.0. The molecule has 0 aliphatic heterocycles. The van der Waals surface area contributed by atoms with Gasteiger partial charge in [-0.15, -0.1) is 0 Å². The zero-order valence-corrected chi connectivity index (χ0v) is 14.5. The van der Waals surface area contributed by atoms with Crippen molar-refractivity contribution in [2.75, 3.05) is 23.8 Å². The maximum absolute atomic E-state index is 12.3. The van der Waals surface area contributed by atoms with Gasteiger partial charge in [-0.25, -0.2) is 9.69 Å². The molecule has 0 bridgehead atoms. The van der Waals surface area contributed by atoms with Crippen molar-refractivity contribution >= 4 is 23.3 Å². The molecule has 3 amide bonds. The minimum Gasteiger partial charge on any atom is -0.494 e. The van der Waals surface area contributed by atoms with E-state index in [4.69, 9.17) is 10.5 Å². The minimum atomic E-state index is -0.465. The summed E-state index contributed by atoms with van der Waals surface area (Å²) >= 11 is 0. The Labute approximate surface area is 147 Å². The van der Waals surface area contributed by atoms with Crippen LogP contribution in [0.5, 0.6) is 5.75 Å². The third-order valence-electron chi connectivity index (χ3n) is 3.56. The van der Waals surface area contributed by atoms with Crippen LogP contribution in [0.2, 0.25) is 0 Å². The summed E-state index contributed by atoms with van der Waals surface area (Å²) in [6.07, 6.45) is 0.632. The number of imide groups is 1. The number of rotatable bonds is 6. The van der Waals surface area contributed by atoms with Crippen LogP contribution in [0.1, 0.15) is 18.9 Å². The maximum atomic E-state index is 12.3. The Balaban J connectivity index is 1.80. The standard InChI is InChI=1S/C19H23N3O3/c1-14-4-10-18(11-5-14)25-13-3-12-21-19(24)22(15(2)23)17-8-6-16(20)7-9-17/h4-11H,3,12-13,20H2,1-2H3,(H,21,24). The van der Waals surface area contributed by atoms with E-state index < -0.39 is 6.03 Å². The molecule has 132 valence electrons. The van der Waals surface area contributed by atoms with Gasteiger partial charge in [-0.3, -0.25) is 4.79 Å². The number of carbonyl (C=O) groups excluding carboxylic acids is 2. The number of aryl methyl sites for hydroxylation is 1. The zero-order valence-electron chi connectivity index (χ0n) is 14.5. The Hall–Kier alpha value is -3.02. The molecule has 0 saturated heterocycles. The van der Waals surface area contributed by atoms with Crippen molar-refractivity contribution < 1.29 is 14.3 Å². The molecule has 0 radical (unpaired) electrons. The van der Waals surface area contributed by atoms with Crippen molar-refractivity contribution in [3.63, 3.8) is 0 Å². The van der Waals surface area contributed by atoms with E-state index in [0.29, 0.717) is 30.9 Å². The summed E-state index contributed by atoms with van der Waals surface area (Å²) in [6, 6.07) is 13.9. The Morgan fingerprint density at radius 1 is 1.08 bits per heavy atom. The number of nitrogen functional groups attached to an aromatic ring is 1. The fraction of sp³-hybridized carbons (Fsp3) is 0.263. The number of anilines is 2. The molecule has 3 N–H and O–H groups in total. The van der Waals surface area contributed by atoms with E-state index in [1.54, 1.807) is 24.3 Å². The number of benzene rings is 2. The third-order valence-corrected chi connectivity index (χ3v) is 3.56. The lowest BCUT2D eigenvalue weighted by atomic mass is 10.2. The lowest BCUT2D eigenvalue weighted by Crippen LogP contribution is -2.43. The number of amides is 3. The van der Waals surface area contributed by atoms with Gasteiger partial charge in [-0.1, -0.05) is 17.7 Å². The summed E-state index contributed by atoms with van der Waals surface area (Å²) in [4.78, 5) is 25.1. The van der Waals surface area contributed by atoms with Crippen molar-refractivity contribution in [2.24, 2.45) is 0 Å². The van der Waals surface area contributed by atoms with Gasteiger partial charge in [0.1, 0.15) is 5.75 Å². The van der Waals surface area contributed by atoms with Crippen LogP contribution in [-0.4, -0.2) is 25.1 Å². The van der Waals surface area contributed by atoms with Crippen LogP contribution in [0, 0.1) is 6.92 Å². The average molecular weight is 341 g/mol. The van der Waals surface area contributed by atoms with Crippen LogP contribution >= 0.6 is 0 Å². The summed E-state index contributed by atoms with van der Waals surface area (Å²) in [5.74, 6) is 0.433. The fourth-order valence-electron chi connectivity index (χ4n) is 2.24. The predicted molar refractivity (Wildman–Crippen MR) is 98.7 cm³/mol. The topological polar surface area (TPSA) is 84.7 Å². The van der Waals surface area contributed by atoms with Crippen molar-refractivity contribution in [1.82, 2.24) is 5.32 Å². The Morgan fingerprint density at radius 2 is 1.72 bits per heavy atom. The van der Waals surface area contributed by atoms with Gasteiger partial charge < -0.3 is 15.8 Å². The molecular weight excluding hydrogens is 318 g/mol. The second kappa shape index (κ2) is 8.73. The molecule has 0 aliphatic carbocycles. The van der Waals surface area contributed by atoms with E-state index in [9.17, 15) is 9.59 Å². The summed E-state index contributed by atoms with van der Waals surface area (Å²) in [6.45, 7) is 4.24. The molecule has 6 nitrogen and oxygen atoms in total. The molecular formula is C19H23N3O3. The number of hydrogen-bond acceptors (Lipinski definition) is 4. The molecule has 0 aliphatic rings. The highest BCUT2D eigenvalue weighted by Crippen LogP contribution is 2.17. The zero-order chi connectivity index (χ0) is 18.2. The summed E-state index contributed by atoms with van der Waals surface area (Å²) in [7, 11) is 0. The number of nitrogens with one attached hydrogen (secondary N) is 1. The molecule has 0 heterocycles. The van der Waals surface area contributed by atoms with E-state index in [1.165, 1.54) is 12.5 Å². The van der Waals surface area contributed by atoms with Crippen molar-refractivity contribution in [3.05, 3.63) is 54.1 Å². The summed E-state index contributed by atoms with van der Waals surface area (Å²) in [5, 5.41) is 2.73. The van der Waals surface area contributed by atoms with Gasteiger partial charge in [-0.2, -0.15) is 0 Å². The lowest BCUT2D eigenvalue weighted by molar-refractivity contribution is -0.115. The first-order valence-electron chi connectivity index (χ1n) is 8.11. The molecule has 25 heavy (non-hydrogen) atoms. The monoisotopic (exact) mass is 341 g/mol. The van der Waals surface area contributed by atoms with E-state index in [-0.39, 0.29) is 5.91 Å². The van der Waals surface area contributed by atoms with Crippen LogP contribution in [0.3, 0.4) is 0 Å². The molecule has 0 saturated carbocycles. The Morgan fingerprint density at radius 3 is 2.32 bits per heavy atom. The molecule has 0 unspecified atom stereocenters. The highest BCUT2D eigenvalue weighted by molar-refractivity contribution is 6.13. The number of hydrogen-bond donors (Lipinski definition) is 2. The van der Waals surface area contributed by atoms with Gasteiger partial charge in [0, 0.05) is 19.2 Å². The molecule has 0 aromatic heterocycles. The lowest BCUT2D eigenvalue weighted by Gasteiger charge is -2.20. The quantitative estimate of drug-likeness (QED) is 0.624. The molecule has 2 aromatic carbocycles. The Bertz CT molecular complexity index is 712. The normalized spacial score (nSPS) is 10.2. The van der Waals surface area contributed by atoms with Crippen molar-refractivity contribution in [1.29, 1.82) is 0 Å². The highest BCUT2D eigenvalue weighted by atomic mass is 16.5. The first kappa shape index (κ1) is 18.3. The second-order valence-corrected chi connectivity index (χ2v) is 5.69. The van der Waals surface area contributed by atoms with Crippen LogP contribution in [0.15, 0.2) is 48.5 Å². The van der Waals surface area contributed by atoms with E-state index in [0.717, 1.165) is 10.6 Å². The van der Waals surface area contributed by atoms with Crippen molar-refractivity contribution in [2.45, 2.75) is 20.3 Å². The average Bonchev–Trinajstić information content (AvgIpc) is 2.58. The number of carbonyl (C=O) groups is 2. The maximum Gasteiger partial charge on any atom is 0.328 e. The number of urea groups is 1. The Kier molecular flexibility index (Phi) is 6.39. The van der Waals surface area contributed by atoms with E-state index in [2.05, 4.69) is 5.32 Å². The van der Waals surface area contributed by atoms with Crippen LogP contribution in [-0.2, 0) is 4.79 Å². The molecule has 6 heteroatoms. The third kappa shape index (κ3) is 5.53. The number of nitrogens with zero attached hydrogens (tertiary/aromatic N) is 1. The molecule has 2 rings (SSSR count). The fourth-order valence-corrected chi connectivity index (χ4v) is 2.24. The van der Waals surface area contributed by atoms with Gasteiger partial charge in [0.2, 0.25) is 5.91 Å². The molecule has 2 aromatic rings. The molecule has 0 spiro atoms. The van der Waals surface area contributed by atoms with E-state index >= 15 is 0 Å². The van der Waals surface area contributed by atoms with Gasteiger partial charge in [0.15, 0.2) is 0 Å². The SMILES string of the molecule is CC(=O)N(C(=O)NCCCOc1ccc(C)cc1)c1ccc(N)cc1. The molecule has 0 atom stereocenters. The van der Waals surface area contributed by atoms with Gasteiger partial charge in [0.25, 0.3) is 0 Å². The largest absolute Gasteiger partial charge is 0.494 e. The second-order valence-electron chi connectivity index (χ2n) is 5.69. The van der Waals surface area contributed by atoms with Crippen LogP contribution in [0.25, 0.3) is 0 Å². The predicted octanol–water partition coefficient (Wildman–Crippen LogP) is 3.11. The van der Waals surface area contributed by atoms with Crippen molar-refractivity contribution in [3.8, 4) is 5.75 Å². The van der Waals surface area contributed by atoms with Crippen LogP contribution < -0.4 is 20.7 Å². The van der Waals surface area contributed by atoms with Crippen LogP contribution in [0.4, 0.5) is 16.2 Å². The number of ether oxygens (including phenoxy) is 1. The number of nitrogens with two attached hydrogens (primary N) is 1.